The molecule has 6 nitrogen and oxygen atoms in total. The number of aliphatic hydroxyl groups is 1. The molecule has 1 aliphatic rings. The van der Waals surface area contributed by atoms with E-state index in [1.165, 1.54) is 0 Å². The fourth-order valence-electron chi connectivity index (χ4n) is 2.87. The number of ether oxygens (including phenoxy) is 1. The molecule has 1 aromatic heterocycles. The lowest BCUT2D eigenvalue weighted by Gasteiger charge is -2.21. The molecule has 1 amide bonds. The molecular formula is C17H21N3O3S. The van der Waals surface area contributed by atoms with Crippen molar-refractivity contribution in [3.63, 3.8) is 0 Å². The second-order valence-electron chi connectivity index (χ2n) is 6.26. The van der Waals surface area contributed by atoms with Gasteiger partial charge in [-0.2, -0.15) is 0 Å². The van der Waals surface area contributed by atoms with Gasteiger partial charge in [-0.3, -0.25) is 4.79 Å². The molecule has 0 radical (unpaired) electrons. The first-order valence-electron chi connectivity index (χ1n) is 8.09. The molecule has 0 saturated heterocycles. The maximum absolute atomic E-state index is 12.5. The summed E-state index contributed by atoms with van der Waals surface area (Å²) < 4.78 is 9.70. The molecule has 0 unspecified atom stereocenters. The van der Waals surface area contributed by atoms with Crippen LogP contribution in [-0.2, 0) is 0 Å². The van der Waals surface area contributed by atoms with E-state index in [9.17, 15) is 9.90 Å². The van der Waals surface area contributed by atoms with Crippen LogP contribution < -0.4 is 10.1 Å². The number of hydrogen-bond acceptors (Lipinski definition) is 6. The molecule has 1 aliphatic carbocycles. The van der Waals surface area contributed by atoms with E-state index >= 15 is 0 Å². The van der Waals surface area contributed by atoms with Gasteiger partial charge in [-0.15, -0.1) is 5.10 Å². The summed E-state index contributed by atoms with van der Waals surface area (Å²) in [6.07, 6.45) is 0.312. The molecule has 1 aromatic carbocycles. The molecular weight excluding hydrogens is 326 g/mol. The number of hydrogen-bond donors (Lipinski definition) is 2. The van der Waals surface area contributed by atoms with Gasteiger partial charge in [0.25, 0.3) is 5.91 Å². The quantitative estimate of drug-likeness (QED) is 0.867. The van der Waals surface area contributed by atoms with Gasteiger partial charge in [-0.25, -0.2) is 0 Å². The van der Waals surface area contributed by atoms with E-state index in [4.69, 9.17) is 4.74 Å². The van der Waals surface area contributed by atoms with Gasteiger partial charge in [0.15, 0.2) is 0 Å². The maximum atomic E-state index is 12.5. The zero-order valence-corrected chi connectivity index (χ0v) is 14.5. The Bertz CT molecular complexity index is 689. The minimum absolute atomic E-state index is 0.132. The summed E-state index contributed by atoms with van der Waals surface area (Å²) in [5.41, 5.74) is 0.696. The third-order valence-electron chi connectivity index (χ3n) is 4.17. The highest BCUT2D eigenvalue weighted by molar-refractivity contribution is 7.08. The molecule has 1 heterocycles. The third-order valence-corrected chi connectivity index (χ3v) is 4.91. The summed E-state index contributed by atoms with van der Waals surface area (Å²) in [5, 5.41) is 17.4. The van der Waals surface area contributed by atoms with Crippen molar-refractivity contribution in [3.8, 4) is 5.75 Å². The standard InChI is InChI=1S/C17H21N3O3S/c1-10(2)14-16(24-20-19-14)17(22)18-12-8-9-13(15(12)21)23-11-6-4-3-5-7-11/h3-7,10,12-13,15,21H,8-9H2,1-2H3,(H,18,22)/t12-,13-,15-/m1/s1. The van der Waals surface area contributed by atoms with Crippen LogP contribution in [0, 0.1) is 0 Å². The Kier molecular flexibility index (Phi) is 5.11. The van der Waals surface area contributed by atoms with Crippen molar-refractivity contribution in [2.75, 3.05) is 0 Å². The summed E-state index contributed by atoms with van der Waals surface area (Å²) in [5.74, 6) is 0.632. The van der Waals surface area contributed by atoms with Crippen molar-refractivity contribution < 1.29 is 14.6 Å². The van der Waals surface area contributed by atoms with Gasteiger partial charge in [0.2, 0.25) is 0 Å². The van der Waals surface area contributed by atoms with E-state index in [0.717, 1.165) is 17.3 Å². The van der Waals surface area contributed by atoms with E-state index in [-0.39, 0.29) is 24.0 Å². The van der Waals surface area contributed by atoms with Crippen LogP contribution in [0.1, 0.15) is 48.0 Å². The van der Waals surface area contributed by atoms with Crippen molar-refractivity contribution in [2.24, 2.45) is 0 Å². The zero-order chi connectivity index (χ0) is 17.1. The minimum Gasteiger partial charge on any atom is -0.488 e. The van der Waals surface area contributed by atoms with Gasteiger partial charge in [0.05, 0.1) is 11.7 Å². The fraction of sp³-hybridized carbons (Fsp3) is 0.471. The molecule has 3 atom stereocenters. The van der Waals surface area contributed by atoms with Crippen LogP contribution in [-0.4, -0.2) is 38.9 Å². The Labute approximate surface area is 145 Å². The average molecular weight is 347 g/mol. The van der Waals surface area contributed by atoms with Gasteiger partial charge in [0.1, 0.15) is 22.8 Å². The number of aromatic nitrogens is 2. The van der Waals surface area contributed by atoms with Crippen molar-refractivity contribution in [3.05, 3.63) is 40.9 Å². The lowest BCUT2D eigenvalue weighted by molar-refractivity contribution is 0.0435. The highest BCUT2D eigenvalue weighted by Crippen LogP contribution is 2.26. The Balaban J connectivity index is 1.62. The number of para-hydroxylation sites is 1. The molecule has 0 spiro atoms. The van der Waals surface area contributed by atoms with Crippen molar-refractivity contribution >= 4 is 17.4 Å². The topological polar surface area (TPSA) is 84.3 Å². The number of benzene rings is 1. The Morgan fingerprint density at radius 1 is 1.33 bits per heavy atom. The lowest BCUT2D eigenvalue weighted by Crippen LogP contribution is -2.44. The maximum Gasteiger partial charge on any atom is 0.265 e. The third kappa shape index (κ3) is 3.57. The molecule has 0 aliphatic heterocycles. The van der Waals surface area contributed by atoms with Gasteiger partial charge >= 0.3 is 0 Å². The normalized spacial score (nSPS) is 23.4. The zero-order valence-electron chi connectivity index (χ0n) is 13.7. The van der Waals surface area contributed by atoms with Crippen LogP contribution in [0.15, 0.2) is 30.3 Å². The van der Waals surface area contributed by atoms with Crippen molar-refractivity contribution in [2.45, 2.75) is 50.9 Å². The smallest absolute Gasteiger partial charge is 0.265 e. The second-order valence-corrected chi connectivity index (χ2v) is 7.01. The first-order valence-corrected chi connectivity index (χ1v) is 8.86. The van der Waals surface area contributed by atoms with E-state index in [2.05, 4.69) is 14.9 Å². The van der Waals surface area contributed by atoms with Crippen molar-refractivity contribution in [1.82, 2.24) is 14.9 Å². The van der Waals surface area contributed by atoms with E-state index in [0.29, 0.717) is 23.4 Å². The Morgan fingerprint density at radius 2 is 2.08 bits per heavy atom. The molecule has 128 valence electrons. The summed E-state index contributed by atoms with van der Waals surface area (Å²) in [4.78, 5) is 13.0. The molecule has 1 fully saturated rings. The SMILES string of the molecule is CC(C)c1nnsc1C(=O)N[C@@H]1CC[C@@H](Oc2ccccc2)[C@@H]1O. The minimum atomic E-state index is -0.738. The van der Waals surface area contributed by atoms with E-state index in [1.54, 1.807) is 0 Å². The molecule has 7 heteroatoms. The number of rotatable bonds is 5. The lowest BCUT2D eigenvalue weighted by atomic mass is 10.1. The van der Waals surface area contributed by atoms with Crippen LogP contribution in [0.2, 0.25) is 0 Å². The largest absolute Gasteiger partial charge is 0.488 e. The first-order chi connectivity index (χ1) is 11.6. The summed E-state index contributed by atoms with van der Waals surface area (Å²) in [6.45, 7) is 3.95. The molecule has 2 aromatic rings. The summed E-state index contributed by atoms with van der Waals surface area (Å²) >= 11 is 1.09. The Hall–Kier alpha value is -1.99. The highest BCUT2D eigenvalue weighted by Gasteiger charge is 2.38. The molecule has 3 rings (SSSR count). The fourth-order valence-corrected chi connectivity index (χ4v) is 3.59. The predicted octanol–water partition coefficient (Wildman–Crippen LogP) is 2.36. The van der Waals surface area contributed by atoms with E-state index in [1.807, 2.05) is 44.2 Å². The number of nitrogens with one attached hydrogen (secondary N) is 1. The Morgan fingerprint density at radius 3 is 2.79 bits per heavy atom. The van der Waals surface area contributed by atoms with E-state index < -0.39 is 6.10 Å². The van der Waals surface area contributed by atoms with Crippen LogP contribution >= 0.6 is 11.5 Å². The highest BCUT2D eigenvalue weighted by atomic mass is 32.1. The molecule has 1 saturated carbocycles. The van der Waals surface area contributed by atoms with Crippen LogP contribution in [0.4, 0.5) is 0 Å². The number of carbonyl (C=O) groups is 1. The van der Waals surface area contributed by atoms with Crippen LogP contribution in [0.5, 0.6) is 5.75 Å². The van der Waals surface area contributed by atoms with Gasteiger partial charge in [-0.05, 0) is 42.4 Å². The van der Waals surface area contributed by atoms with Gasteiger partial charge < -0.3 is 15.2 Å². The molecule has 24 heavy (non-hydrogen) atoms. The van der Waals surface area contributed by atoms with Crippen LogP contribution in [0.3, 0.4) is 0 Å². The predicted molar refractivity (Wildman–Crippen MR) is 91.4 cm³/mol. The van der Waals surface area contributed by atoms with Crippen LogP contribution in [0.25, 0.3) is 0 Å². The summed E-state index contributed by atoms with van der Waals surface area (Å²) in [6, 6.07) is 9.08. The van der Waals surface area contributed by atoms with Crippen molar-refractivity contribution in [1.29, 1.82) is 0 Å². The molecule has 0 bridgehead atoms. The molecule has 2 N–H and O–H groups in total. The number of carbonyl (C=O) groups excluding carboxylic acids is 1. The van der Waals surface area contributed by atoms with Gasteiger partial charge in [-0.1, -0.05) is 36.5 Å². The number of nitrogens with zero attached hydrogens (tertiary/aromatic N) is 2. The van der Waals surface area contributed by atoms with Gasteiger partial charge in [0, 0.05) is 0 Å². The summed E-state index contributed by atoms with van der Waals surface area (Å²) in [7, 11) is 0. The number of amides is 1. The second kappa shape index (κ2) is 7.27. The first kappa shape index (κ1) is 16.9. The average Bonchev–Trinajstić information content (AvgIpc) is 3.18. The monoisotopic (exact) mass is 347 g/mol. The number of aliphatic hydroxyl groups excluding tert-OH is 1.